The second kappa shape index (κ2) is 6.20. The van der Waals surface area contributed by atoms with Crippen molar-refractivity contribution in [2.45, 2.75) is 38.9 Å². The third kappa shape index (κ3) is 7.71. The number of thiol groups is 1. The van der Waals surface area contributed by atoms with E-state index in [1.807, 2.05) is 0 Å². The lowest BCUT2D eigenvalue weighted by Crippen LogP contribution is -2.34. The number of hydrogen-bond donors (Lipinski definition) is 1. The van der Waals surface area contributed by atoms with Crippen LogP contribution in [0.5, 0.6) is 0 Å². The van der Waals surface area contributed by atoms with Gasteiger partial charge < -0.3 is 4.90 Å². The average Bonchev–Trinajstić information content (AvgIpc) is 2.00. The summed E-state index contributed by atoms with van der Waals surface area (Å²) < 4.78 is 0.259. The lowest BCUT2D eigenvalue weighted by atomic mass is 10.1. The van der Waals surface area contributed by atoms with Gasteiger partial charge in [-0.3, -0.25) is 0 Å². The molecule has 0 aliphatic rings. The monoisotopic (exact) mass is 221 g/mol. The van der Waals surface area contributed by atoms with E-state index in [0.717, 1.165) is 12.5 Å². The third-order valence-electron chi connectivity index (χ3n) is 1.99. The maximum absolute atomic E-state index is 4.27. The van der Waals surface area contributed by atoms with Gasteiger partial charge in [0.05, 0.1) is 0 Å². The largest absolute Gasteiger partial charge is 0.305 e. The van der Waals surface area contributed by atoms with Gasteiger partial charge in [-0.25, -0.2) is 0 Å². The Kier molecular flexibility index (Phi) is 6.52. The van der Waals surface area contributed by atoms with Gasteiger partial charge in [0.25, 0.3) is 0 Å². The van der Waals surface area contributed by atoms with Crippen LogP contribution in [0.25, 0.3) is 0 Å². The van der Waals surface area contributed by atoms with Crippen molar-refractivity contribution in [1.82, 2.24) is 4.90 Å². The number of nitrogens with zero attached hydrogens (tertiary/aromatic N) is 1. The fourth-order valence-corrected chi connectivity index (χ4v) is 1.69. The highest BCUT2D eigenvalue weighted by molar-refractivity contribution is 8.69. The molecule has 0 aliphatic heterocycles. The minimum Gasteiger partial charge on any atom is -0.305 e. The Balaban J connectivity index is 3.67. The van der Waals surface area contributed by atoms with Gasteiger partial charge in [0.2, 0.25) is 0 Å². The van der Waals surface area contributed by atoms with E-state index in [0.29, 0.717) is 0 Å². The van der Waals surface area contributed by atoms with Crippen LogP contribution in [0.1, 0.15) is 34.1 Å². The fraction of sp³-hybridized carbons (Fsp3) is 1.00. The Hall–Kier alpha value is 0.660. The van der Waals surface area contributed by atoms with Crippen molar-refractivity contribution < 1.29 is 0 Å². The highest BCUT2D eigenvalue weighted by atomic mass is 33.1. The standard InChI is InChI=1S/C10H23NS2/c1-9(2)6-7-11(5)8-10(3,4)13-12/h9,12H,6-8H2,1-5H3. The summed E-state index contributed by atoms with van der Waals surface area (Å²) in [6.07, 6.45) is 1.28. The molecule has 0 saturated heterocycles. The normalized spacial score (nSPS) is 12.9. The van der Waals surface area contributed by atoms with Crippen LogP contribution in [0.3, 0.4) is 0 Å². The van der Waals surface area contributed by atoms with Crippen LogP contribution in [0.4, 0.5) is 0 Å². The van der Waals surface area contributed by atoms with Gasteiger partial charge in [-0.05, 0) is 39.8 Å². The summed E-state index contributed by atoms with van der Waals surface area (Å²) in [7, 11) is 3.83. The lowest BCUT2D eigenvalue weighted by molar-refractivity contribution is 0.291. The van der Waals surface area contributed by atoms with Crippen molar-refractivity contribution in [3.8, 4) is 0 Å². The first-order valence-electron chi connectivity index (χ1n) is 4.88. The first-order valence-corrected chi connectivity index (χ1v) is 6.75. The summed E-state index contributed by atoms with van der Waals surface area (Å²) in [5.74, 6) is 0.800. The maximum Gasteiger partial charge on any atom is 0.0331 e. The molecule has 0 aliphatic carbocycles. The quantitative estimate of drug-likeness (QED) is 0.541. The molecule has 0 saturated carbocycles. The Morgan fingerprint density at radius 2 is 1.92 bits per heavy atom. The first kappa shape index (κ1) is 13.7. The molecule has 1 nitrogen and oxygen atoms in total. The molecule has 0 fully saturated rings. The predicted octanol–water partition coefficient (Wildman–Crippen LogP) is 3.32. The summed E-state index contributed by atoms with van der Waals surface area (Å²) in [5.41, 5.74) is 0. The fourth-order valence-electron chi connectivity index (χ4n) is 1.24. The van der Waals surface area contributed by atoms with E-state index >= 15 is 0 Å². The SMILES string of the molecule is CC(C)CCN(C)CC(C)(C)SS. The second-order valence-corrected chi connectivity index (χ2v) is 6.61. The summed E-state index contributed by atoms with van der Waals surface area (Å²) in [6.45, 7) is 11.3. The predicted molar refractivity (Wildman–Crippen MR) is 67.6 cm³/mol. The van der Waals surface area contributed by atoms with Crippen molar-refractivity contribution in [3.05, 3.63) is 0 Å². The van der Waals surface area contributed by atoms with Crippen LogP contribution in [0, 0.1) is 5.92 Å². The van der Waals surface area contributed by atoms with Crippen LogP contribution in [0.15, 0.2) is 0 Å². The molecule has 3 heteroatoms. The minimum absolute atomic E-state index is 0.259. The molecule has 0 spiro atoms. The van der Waals surface area contributed by atoms with E-state index in [1.54, 1.807) is 10.8 Å². The zero-order chi connectivity index (χ0) is 10.5. The topological polar surface area (TPSA) is 3.24 Å². The smallest absolute Gasteiger partial charge is 0.0331 e. The molecule has 0 amide bonds. The van der Waals surface area contributed by atoms with E-state index in [1.165, 1.54) is 13.0 Å². The zero-order valence-corrected chi connectivity index (χ0v) is 11.2. The molecule has 0 heterocycles. The molecule has 0 atom stereocenters. The van der Waals surface area contributed by atoms with E-state index in [2.05, 4.69) is 51.3 Å². The molecule has 0 N–H and O–H groups in total. The van der Waals surface area contributed by atoms with Crippen molar-refractivity contribution in [2.24, 2.45) is 5.92 Å². The van der Waals surface area contributed by atoms with Gasteiger partial charge in [0.15, 0.2) is 0 Å². The summed E-state index contributed by atoms with van der Waals surface area (Å²) >= 11 is 4.27. The van der Waals surface area contributed by atoms with Crippen LogP contribution >= 0.6 is 22.5 Å². The molecule has 0 aromatic rings. The van der Waals surface area contributed by atoms with Crippen LogP contribution < -0.4 is 0 Å². The van der Waals surface area contributed by atoms with Gasteiger partial charge in [-0.1, -0.05) is 24.6 Å². The van der Waals surface area contributed by atoms with Gasteiger partial charge in [0, 0.05) is 11.3 Å². The van der Waals surface area contributed by atoms with Gasteiger partial charge >= 0.3 is 0 Å². The summed E-state index contributed by atoms with van der Waals surface area (Å²) in [5, 5.41) is 0. The van der Waals surface area contributed by atoms with Crippen molar-refractivity contribution in [2.75, 3.05) is 20.1 Å². The van der Waals surface area contributed by atoms with Gasteiger partial charge in [-0.15, -0.1) is 11.7 Å². The average molecular weight is 221 g/mol. The highest BCUT2D eigenvalue weighted by Gasteiger charge is 2.18. The Labute approximate surface area is 92.5 Å². The molecule has 0 unspecified atom stereocenters. The van der Waals surface area contributed by atoms with Gasteiger partial charge in [0.1, 0.15) is 0 Å². The Morgan fingerprint density at radius 1 is 1.38 bits per heavy atom. The minimum atomic E-state index is 0.259. The molecule has 0 bridgehead atoms. The zero-order valence-electron chi connectivity index (χ0n) is 9.50. The van der Waals surface area contributed by atoms with Crippen molar-refractivity contribution in [1.29, 1.82) is 0 Å². The van der Waals surface area contributed by atoms with Gasteiger partial charge in [-0.2, -0.15) is 0 Å². The Morgan fingerprint density at radius 3 is 2.31 bits per heavy atom. The number of rotatable bonds is 6. The van der Waals surface area contributed by atoms with Crippen molar-refractivity contribution in [3.63, 3.8) is 0 Å². The highest BCUT2D eigenvalue weighted by Crippen LogP contribution is 2.27. The van der Waals surface area contributed by atoms with Crippen molar-refractivity contribution >= 4 is 22.5 Å². The van der Waals surface area contributed by atoms with E-state index < -0.39 is 0 Å². The molecule has 0 radical (unpaired) electrons. The maximum atomic E-state index is 4.27. The molecule has 80 valence electrons. The lowest BCUT2D eigenvalue weighted by Gasteiger charge is -2.28. The molecular weight excluding hydrogens is 198 g/mol. The molecule has 0 aromatic carbocycles. The molecule has 13 heavy (non-hydrogen) atoms. The van der Waals surface area contributed by atoms with Crippen LogP contribution in [0.2, 0.25) is 0 Å². The van der Waals surface area contributed by atoms with E-state index in [4.69, 9.17) is 0 Å². The Bertz CT molecular complexity index is 135. The summed E-state index contributed by atoms with van der Waals surface area (Å²) in [4.78, 5) is 2.39. The number of hydrogen-bond acceptors (Lipinski definition) is 3. The van der Waals surface area contributed by atoms with Crippen LogP contribution in [-0.2, 0) is 0 Å². The first-order chi connectivity index (χ1) is 5.87. The van der Waals surface area contributed by atoms with E-state index in [9.17, 15) is 0 Å². The second-order valence-electron chi connectivity index (χ2n) is 4.77. The van der Waals surface area contributed by atoms with Crippen LogP contribution in [-0.4, -0.2) is 29.8 Å². The molecular formula is C10H23NS2. The van der Waals surface area contributed by atoms with E-state index in [-0.39, 0.29) is 4.75 Å². The summed E-state index contributed by atoms with van der Waals surface area (Å²) in [6, 6.07) is 0. The molecule has 0 aromatic heterocycles. The third-order valence-corrected chi connectivity index (χ3v) is 4.09. The molecule has 0 rings (SSSR count).